The van der Waals surface area contributed by atoms with Crippen molar-refractivity contribution in [3.05, 3.63) is 87.0 Å². The van der Waals surface area contributed by atoms with Gasteiger partial charge in [0, 0.05) is 5.70 Å². The number of urea groups is 1. The average molecular weight is 696 g/mol. The molecule has 0 bridgehead atoms. The highest BCUT2D eigenvalue weighted by Crippen LogP contribution is 2.35. The molecule has 0 saturated carbocycles. The summed E-state index contributed by atoms with van der Waals surface area (Å²) in [5.74, 6) is 1.57. The normalized spacial score (nSPS) is 15.2. The Hall–Kier alpha value is -5.24. The minimum atomic E-state index is -0.774. The van der Waals surface area contributed by atoms with Gasteiger partial charge in [-0.1, -0.05) is 12.1 Å². The third kappa shape index (κ3) is 7.69. The Morgan fingerprint density at radius 1 is 1.04 bits per heavy atom. The maximum Gasteiger partial charge on any atom is 0.338 e. The van der Waals surface area contributed by atoms with E-state index in [1.54, 1.807) is 44.2 Å². The molecule has 2 aliphatic heterocycles. The maximum absolute atomic E-state index is 12.6. The van der Waals surface area contributed by atoms with Gasteiger partial charge in [-0.3, -0.25) is 4.79 Å². The van der Waals surface area contributed by atoms with Gasteiger partial charge in [0.2, 0.25) is 6.79 Å². The molecule has 13 nitrogen and oxygen atoms in total. The molecule has 0 unspecified atom stereocenters. The van der Waals surface area contributed by atoms with Crippen LogP contribution in [0.5, 0.6) is 28.7 Å². The van der Waals surface area contributed by atoms with Gasteiger partial charge in [0.05, 0.1) is 36.0 Å². The summed E-state index contributed by atoms with van der Waals surface area (Å²) in [6.07, 6.45) is 1.49. The number of esters is 1. The first kappa shape index (κ1) is 32.2. The molecular formula is C32H31BrN4O9. The number of rotatable bonds is 12. The summed E-state index contributed by atoms with van der Waals surface area (Å²) in [5.41, 5.74) is 5.30. The Morgan fingerprint density at radius 2 is 1.85 bits per heavy atom. The molecule has 3 aromatic rings. The van der Waals surface area contributed by atoms with Crippen LogP contribution in [0.4, 0.5) is 4.79 Å². The van der Waals surface area contributed by atoms with Gasteiger partial charge in [-0.15, -0.1) is 0 Å². The van der Waals surface area contributed by atoms with Crippen LogP contribution >= 0.6 is 15.9 Å². The van der Waals surface area contributed by atoms with E-state index in [2.05, 4.69) is 37.1 Å². The number of benzene rings is 3. The van der Waals surface area contributed by atoms with E-state index >= 15 is 0 Å². The van der Waals surface area contributed by atoms with Crippen molar-refractivity contribution in [3.63, 3.8) is 0 Å². The fourth-order valence-electron chi connectivity index (χ4n) is 4.67. The van der Waals surface area contributed by atoms with Crippen molar-refractivity contribution in [1.29, 1.82) is 0 Å². The van der Waals surface area contributed by atoms with Gasteiger partial charge in [-0.05, 0) is 88.9 Å². The molecule has 3 aromatic carbocycles. The molecule has 3 N–H and O–H groups in total. The monoisotopic (exact) mass is 694 g/mol. The number of nitrogens with zero attached hydrogens (tertiary/aromatic N) is 1. The number of hydrazone groups is 1. The van der Waals surface area contributed by atoms with Gasteiger partial charge >= 0.3 is 12.0 Å². The summed E-state index contributed by atoms with van der Waals surface area (Å²) < 4.78 is 33.7. The molecule has 3 amide bonds. The van der Waals surface area contributed by atoms with Crippen molar-refractivity contribution in [2.75, 3.05) is 27.1 Å². The SMILES string of the molecule is CCOC(=O)C1=C(C)NC(=O)N[C@@H]1c1ccc(OCC(=O)N/N=C\c2ccc(OCc3ccc4c(c3)OCO4)c(Br)c2)c(OC)c1. The Bertz CT molecular complexity index is 1710. The first-order valence-corrected chi connectivity index (χ1v) is 14.9. The number of methoxy groups -OCH3 is 1. The lowest BCUT2D eigenvalue weighted by molar-refractivity contribution is -0.139. The van der Waals surface area contributed by atoms with E-state index in [4.69, 9.17) is 28.4 Å². The summed E-state index contributed by atoms with van der Waals surface area (Å²) in [6, 6.07) is 14.7. The summed E-state index contributed by atoms with van der Waals surface area (Å²) in [7, 11) is 1.44. The molecule has 0 saturated heterocycles. The summed E-state index contributed by atoms with van der Waals surface area (Å²) >= 11 is 3.51. The van der Waals surface area contributed by atoms with Crippen LogP contribution in [-0.4, -0.2) is 51.2 Å². The minimum Gasteiger partial charge on any atom is -0.493 e. The molecular weight excluding hydrogens is 664 g/mol. The first-order valence-electron chi connectivity index (χ1n) is 14.1. The van der Waals surface area contributed by atoms with E-state index in [0.29, 0.717) is 45.3 Å². The lowest BCUT2D eigenvalue weighted by Crippen LogP contribution is -2.45. The number of carbonyl (C=O) groups excluding carboxylic acids is 3. The second-order valence-electron chi connectivity index (χ2n) is 9.95. The molecule has 5 rings (SSSR count). The van der Waals surface area contributed by atoms with Crippen LogP contribution in [0.2, 0.25) is 0 Å². The number of halogens is 1. The molecule has 0 radical (unpaired) electrons. The molecule has 0 spiro atoms. The van der Waals surface area contributed by atoms with E-state index in [1.165, 1.54) is 13.3 Å². The van der Waals surface area contributed by atoms with E-state index in [0.717, 1.165) is 11.1 Å². The van der Waals surface area contributed by atoms with Crippen molar-refractivity contribution in [2.45, 2.75) is 26.5 Å². The standard InChI is InChI=1S/C32H31BrN4O9/c1-4-42-31(39)29-18(2)35-32(40)36-30(29)21-7-10-24(26(13-21)41-3)44-16-28(38)37-34-14-19-5-8-23(22(33)11-19)43-15-20-6-9-25-27(12-20)46-17-45-25/h5-14,30H,4,15-17H2,1-3H3,(H,37,38)(H2,35,36,40)/b34-14-/t30-/m1/s1. The van der Waals surface area contributed by atoms with Crippen LogP contribution in [0.1, 0.15) is 36.6 Å². The molecule has 240 valence electrons. The van der Waals surface area contributed by atoms with Crippen LogP contribution < -0.4 is 39.7 Å². The highest BCUT2D eigenvalue weighted by molar-refractivity contribution is 9.10. The van der Waals surface area contributed by atoms with Gasteiger partial charge in [-0.2, -0.15) is 5.10 Å². The van der Waals surface area contributed by atoms with E-state index in [1.807, 2.05) is 24.3 Å². The number of fused-ring (bicyclic) bond motifs is 1. The van der Waals surface area contributed by atoms with Crippen molar-refractivity contribution >= 4 is 40.1 Å². The average Bonchev–Trinajstić information content (AvgIpc) is 3.51. The van der Waals surface area contributed by atoms with Crippen molar-refractivity contribution in [1.82, 2.24) is 16.1 Å². The van der Waals surface area contributed by atoms with Gasteiger partial charge in [0.1, 0.15) is 12.4 Å². The van der Waals surface area contributed by atoms with Gasteiger partial charge < -0.3 is 39.1 Å². The molecule has 2 heterocycles. The van der Waals surface area contributed by atoms with E-state index in [9.17, 15) is 14.4 Å². The topological polar surface area (TPSA) is 155 Å². The third-order valence-electron chi connectivity index (χ3n) is 6.83. The second kappa shape index (κ2) is 14.7. The lowest BCUT2D eigenvalue weighted by Gasteiger charge is -2.28. The number of nitrogens with one attached hydrogen (secondary N) is 3. The molecule has 1 atom stereocenters. The van der Waals surface area contributed by atoms with Crippen molar-refractivity contribution < 1.29 is 42.8 Å². The Labute approximate surface area is 273 Å². The van der Waals surface area contributed by atoms with Crippen LogP contribution in [0.3, 0.4) is 0 Å². The summed E-state index contributed by atoms with van der Waals surface area (Å²) in [5, 5.41) is 9.33. The van der Waals surface area contributed by atoms with Crippen molar-refractivity contribution in [2.24, 2.45) is 5.10 Å². The Balaban J connectivity index is 1.14. The zero-order valence-electron chi connectivity index (χ0n) is 25.2. The smallest absolute Gasteiger partial charge is 0.338 e. The zero-order chi connectivity index (χ0) is 32.6. The zero-order valence-corrected chi connectivity index (χ0v) is 26.8. The predicted octanol–water partition coefficient (Wildman–Crippen LogP) is 4.49. The number of ether oxygens (including phenoxy) is 6. The summed E-state index contributed by atoms with van der Waals surface area (Å²) in [4.78, 5) is 37.2. The van der Waals surface area contributed by atoms with Crippen LogP contribution in [-0.2, 0) is 20.9 Å². The van der Waals surface area contributed by atoms with Gasteiger partial charge in [0.15, 0.2) is 29.6 Å². The van der Waals surface area contributed by atoms with E-state index < -0.39 is 23.9 Å². The highest BCUT2D eigenvalue weighted by Gasteiger charge is 2.32. The highest BCUT2D eigenvalue weighted by atomic mass is 79.9. The van der Waals surface area contributed by atoms with Crippen LogP contribution in [0, 0.1) is 0 Å². The minimum absolute atomic E-state index is 0.182. The summed E-state index contributed by atoms with van der Waals surface area (Å²) in [6.45, 7) is 3.71. The van der Waals surface area contributed by atoms with Gasteiger partial charge in [0.25, 0.3) is 5.91 Å². The number of hydrogen-bond donors (Lipinski definition) is 3. The lowest BCUT2D eigenvalue weighted by atomic mass is 9.95. The molecule has 0 aromatic heterocycles. The Morgan fingerprint density at radius 3 is 2.63 bits per heavy atom. The first-order chi connectivity index (χ1) is 22.2. The number of hydrogen-bond acceptors (Lipinski definition) is 10. The fraction of sp³-hybridized carbons (Fsp3) is 0.250. The Kier molecular flexibility index (Phi) is 10.3. The second-order valence-corrected chi connectivity index (χ2v) is 10.8. The molecule has 14 heteroatoms. The van der Waals surface area contributed by atoms with Crippen LogP contribution in [0.15, 0.2) is 75.4 Å². The molecule has 46 heavy (non-hydrogen) atoms. The molecule has 2 aliphatic rings. The predicted molar refractivity (Wildman–Crippen MR) is 169 cm³/mol. The van der Waals surface area contributed by atoms with Crippen molar-refractivity contribution in [3.8, 4) is 28.7 Å². The number of allylic oxidation sites excluding steroid dienone is 1. The van der Waals surface area contributed by atoms with E-state index in [-0.39, 0.29) is 31.3 Å². The fourth-order valence-corrected chi connectivity index (χ4v) is 5.18. The molecule has 0 fully saturated rings. The third-order valence-corrected chi connectivity index (χ3v) is 7.45. The largest absolute Gasteiger partial charge is 0.493 e. The quantitative estimate of drug-likeness (QED) is 0.141. The molecule has 0 aliphatic carbocycles. The van der Waals surface area contributed by atoms with Crippen LogP contribution in [0.25, 0.3) is 0 Å². The number of amides is 3. The van der Waals surface area contributed by atoms with Gasteiger partial charge in [-0.25, -0.2) is 15.0 Å². The number of carbonyl (C=O) groups is 3. The maximum atomic E-state index is 12.6.